The summed E-state index contributed by atoms with van der Waals surface area (Å²) in [6.07, 6.45) is 1.65. The van der Waals surface area contributed by atoms with E-state index in [1.807, 2.05) is 24.3 Å². The van der Waals surface area contributed by atoms with Crippen LogP contribution >= 0.6 is 22.6 Å². The van der Waals surface area contributed by atoms with E-state index in [4.69, 9.17) is 10.3 Å². The quantitative estimate of drug-likeness (QED) is 0.874. The van der Waals surface area contributed by atoms with Gasteiger partial charge in [-0.2, -0.15) is 4.98 Å². The molecule has 0 radical (unpaired) electrons. The van der Waals surface area contributed by atoms with Gasteiger partial charge in [0.15, 0.2) is 5.82 Å². The summed E-state index contributed by atoms with van der Waals surface area (Å²) >= 11 is 2.25. The van der Waals surface area contributed by atoms with E-state index in [1.54, 1.807) is 0 Å². The molecule has 5 heteroatoms. The van der Waals surface area contributed by atoms with Crippen LogP contribution in [0.25, 0.3) is 11.5 Å². The average Bonchev–Trinajstić information content (AvgIpc) is 2.75. The van der Waals surface area contributed by atoms with E-state index >= 15 is 0 Å². The Bertz CT molecular complexity index is 470. The molecule has 0 atom stereocenters. The van der Waals surface area contributed by atoms with Crippen LogP contribution in [0, 0.1) is 3.57 Å². The Hall–Kier alpha value is -0.950. The molecule has 16 heavy (non-hydrogen) atoms. The second-order valence-corrected chi connectivity index (χ2v) is 4.55. The number of nitrogens with two attached hydrogens (primary N) is 1. The highest BCUT2D eigenvalue weighted by molar-refractivity contribution is 14.1. The van der Waals surface area contributed by atoms with Gasteiger partial charge in [0.25, 0.3) is 5.89 Å². The number of nitrogens with zero attached hydrogens (tertiary/aromatic N) is 2. The Kier molecular flexibility index (Phi) is 3.89. The molecule has 1 aromatic carbocycles. The van der Waals surface area contributed by atoms with Gasteiger partial charge in [-0.3, -0.25) is 0 Å². The summed E-state index contributed by atoms with van der Waals surface area (Å²) in [5.74, 6) is 1.30. The van der Waals surface area contributed by atoms with E-state index in [2.05, 4.69) is 32.7 Å². The van der Waals surface area contributed by atoms with Gasteiger partial charge in [-0.05, 0) is 47.7 Å². The smallest absolute Gasteiger partial charge is 0.258 e. The summed E-state index contributed by atoms with van der Waals surface area (Å²) in [6.45, 7) is 0.646. The van der Waals surface area contributed by atoms with Crippen LogP contribution in [-0.4, -0.2) is 16.7 Å². The summed E-state index contributed by atoms with van der Waals surface area (Å²) in [4.78, 5) is 4.34. The van der Waals surface area contributed by atoms with Crippen molar-refractivity contribution in [3.8, 4) is 11.5 Å². The molecular weight excluding hydrogens is 317 g/mol. The molecule has 0 saturated heterocycles. The van der Waals surface area contributed by atoms with Crippen LogP contribution in [-0.2, 0) is 6.42 Å². The lowest BCUT2D eigenvalue weighted by atomic mass is 10.2. The fourth-order valence-electron chi connectivity index (χ4n) is 1.36. The predicted molar refractivity (Wildman–Crippen MR) is 69.8 cm³/mol. The summed E-state index contributed by atoms with van der Waals surface area (Å²) in [7, 11) is 0. The number of hydrogen-bond acceptors (Lipinski definition) is 4. The molecule has 0 amide bonds. The van der Waals surface area contributed by atoms with Crippen molar-refractivity contribution >= 4 is 22.6 Å². The first-order chi connectivity index (χ1) is 7.81. The number of aryl methyl sites for hydroxylation is 1. The second-order valence-electron chi connectivity index (χ2n) is 3.39. The molecule has 0 aliphatic rings. The first-order valence-corrected chi connectivity index (χ1v) is 6.16. The van der Waals surface area contributed by atoms with Gasteiger partial charge in [0.2, 0.25) is 0 Å². The molecule has 0 saturated carbocycles. The summed E-state index contributed by atoms with van der Waals surface area (Å²) in [5, 5.41) is 3.93. The third-order valence-corrected chi connectivity index (χ3v) is 3.12. The summed E-state index contributed by atoms with van der Waals surface area (Å²) in [6, 6.07) is 7.93. The maximum Gasteiger partial charge on any atom is 0.258 e. The van der Waals surface area contributed by atoms with E-state index in [0.717, 1.165) is 27.8 Å². The minimum absolute atomic E-state index is 0.581. The van der Waals surface area contributed by atoms with E-state index < -0.39 is 0 Å². The monoisotopic (exact) mass is 329 g/mol. The molecule has 84 valence electrons. The maximum atomic E-state index is 5.43. The van der Waals surface area contributed by atoms with Crippen molar-refractivity contribution in [3.05, 3.63) is 33.7 Å². The fraction of sp³-hybridized carbons (Fsp3) is 0.273. The first-order valence-electron chi connectivity index (χ1n) is 5.09. The van der Waals surface area contributed by atoms with Crippen LogP contribution < -0.4 is 5.73 Å². The van der Waals surface area contributed by atoms with Crippen molar-refractivity contribution in [2.24, 2.45) is 5.73 Å². The van der Waals surface area contributed by atoms with E-state index in [9.17, 15) is 0 Å². The van der Waals surface area contributed by atoms with Gasteiger partial charge < -0.3 is 10.3 Å². The molecule has 2 rings (SSSR count). The normalized spacial score (nSPS) is 10.6. The molecule has 1 aromatic heterocycles. The number of rotatable bonds is 4. The number of hydrogen-bond donors (Lipinski definition) is 1. The molecule has 1 heterocycles. The van der Waals surface area contributed by atoms with Gasteiger partial charge in [0, 0.05) is 9.99 Å². The van der Waals surface area contributed by atoms with Gasteiger partial charge in [-0.25, -0.2) is 0 Å². The summed E-state index contributed by atoms with van der Waals surface area (Å²) in [5.41, 5.74) is 6.41. The van der Waals surface area contributed by atoms with Crippen molar-refractivity contribution in [1.29, 1.82) is 0 Å². The zero-order chi connectivity index (χ0) is 11.4. The molecule has 0 bridgehead atoms. The standard InChI is InChI=1S/C11H12IN3O/c12-9-5-2-1-4-8(9)11-14-10(15-16-11)6-3-7-13/h1-2,4-5H,3,6-7,13H2. The minimum Gasteiger partial charge on any atom is -0.334 e. The second kappa shape index (κ2) is 5.40. The van der Waals surface area contributed by atoms with Crippen molar-refractivity contribution in [2.45, 2.75) is 12.8 Å². The minimum atomic E-state index is 0.581. The molecule has 0 aliphatic heterocycles. The van der Waals surface area contributed by atoms with Crippen molar-refractivity contribution < 1.29 is 4.52 Å². The van der Waals surface area contributed by atoms with Gasteiger partial charge in [-0.1, -0.05) is 17.3 Å². The number of benzene rings is 1. The molecule has 2 aromatic rings. The fourth-order valence-corrected chi connectivity index (χ4v) is 1.98. The van der Waals surface area contributed by atoms with Gasteiger partial charge in [0.05, 0.1) is 5.56 Å². The van der Waals surface area contributed by atoms with Crippen molar-refractivity contribution in [3.63, 3.8) is 0 Å². The highest BCUT2D eigenvalue weighted by atomic mass is 127. The largest absolute Gasteiger partial charge is 0.334 e. The Morgan fingerprint density at radius 2 is 2.12 bits per heavy atom. The first kappa shape index (κ1) is 11.5. The van der Waals surface area contributed by atoms with Crippen LogP contribution in [0.1, 0.15) is 12.2 Å². The summed E-state index contributed by atoms with van der Waals surface area (Å²) < 4.78 is 6.33. The topological polar surface area (TPSA) is 64.9 Å². The molecule has 0 aliphatic carbocycles. The molecule has 0 unspecified atom stereocenters. The highest BCUT2D eigenvalue weighted by Crippen LogP contribution is 2.23. The molecule has 0 spiro atoms. The lowest BCUT2D eigenvalue weighted by Crippen LogP contribution is -2.01. The van der Waals surface area contributed by atoms with E-state index in [-0.39, 0.29) is 0 Å². The average molecular weight is 329 g/mol. The van der Waals surface area contributed by atoms with Crippen LogP contribution in [0.4, 0.5) is 0 Å². The van der Waals surface area contributed by atoms with Gasteiger partial charge in [0.1, 0.15) is 0 Å². The third kappa shape index (κ3) is 2.59. The maximum absolute atomic E-state index is 5.43. The molecule has 4 nitrogen and oxygen atoms in total. The van der Waals surface area contributed by atoms with Crippen LogP contribution in [0.15, 0.2) is 28.8 Å². The van der Waals surface area contributed by atoms with E-state index in [0.29, 0.717) is 12.4 Å². The highest BCUT2D eigenvalue weighted by Gasteiger charge is 2.10. The zero-order valence-electron chi connectivity index (χ0n) is 8.69. The predicted octanol–water partition coefficient (Wildman–Crippen LogP) is 2.23. The zero-order valence-corrected chi connectivity index (χ0v) is 10.8. The lowest BCUT2D eigenvalue weighted by molar-refractivity contribution is 0.421. The molecule has 0 fully saturated rings. The lowest BCUT2D eigenvalue weighted by Gasteiger charge is -1.96. The van der Waals surface area contributed by atoms with Crippen molar-refractivity contribution in [2.75, 3.05) is 6.54 Å². The number of aromatic nitrogens is 2. The Morgan fingerprint density at radius 1 is 1.31 bits per heavy atom. The van der Waals surface area contributed by atoms with Gasteiger partial charge in [-0.15, -0.1) is 0 Å². The Morgan fingerprint density at radius 3 is 2.88 bits per heavy atom. The molecular formula is C11H12IN3O. The molecule has 2 N–H and O–H groups in total. The van der Waals surface area contributed by atoms with Crippen LogP contribution in [0.2, 0.25) is 0 Å². The van der Waals surface area contributed by atoms with Crippen LogP contribution in [0.5, 0.6) is 0 Å². The van der Waals surface area contributed by atoms with E-state index in [1.165, 1.54) is 0 Å². The van der Waals surface area contributed by atoms with Gasteiger partial charge >= 0.3 is 0 Å². The Labute approximate surface area is 107 Å². The number of halogens is 1. The van der Waals surface area contributed by atoms with Crippen LogP contribution in [0.3, 0.4) is 0 Å². The SMILES string of the molecule is NCCCc1noc(-c2ccccc2I)n1. The third-order valence-electron chi connectivity index (χ3n) is 2.18. The van der Waals surface area contributed by atoms with Crippen molar-refractivity contribution in [1.82, 2.24) is 10.1 Å². The Balaban J connectivity index is 2.22.